The average molecular weight is 350 g/mol. The van der Waals surface area contributed by atoms with Crippen molar-refractivity contribution in [2.45, 2.75) is 0 Å². The van der Waals surface area contributed by atoms with Crippen LogP contribution in [0.25, 0.3) is 0 Å². The van der Waals surface area contributed by atoms with Gasteiger partial charge in [0.1, 0.15) is 0 Å². The Labute approximate surface area is 129 Å². The van der Waals surface area contributed by atoms with Gasteiger partial charge in [-0.2, -0.15) is 0 Å². The van der Waals surface area contributed by atoms with E-state index in [9.17, 15) is 14.9 Å². The Bertz CT molecular complexity index is 676. The molecule has 1 amide bonds. The van der Waals surface area contributed by atoms with Crippen LogP contribution in [0.2, 0.25) is 0 Å². The van der Waals surface area contributed by atoms with Crippen molar-refractivity contribution in [2.75, 3.05) is 17.2 Å². The van der Waals surface area contributed by atoms with Crippen molar-refractivity contribution >= 4 is 38.9 Å². The smallest absolute Gasteiger partial charge is 0.271 e. The zero-order chi connectivity index (χ0) is 15.2. The first-order valence-corrected chi connectivity index (χ1v) is 6.88. The second kappa shape index (κ2) is 6.85. The Balaban J connectivity index is 1.94. The summed E-state index contributed by atoms with van der Waals surface area (Å²) in [5, 5.41) is 16.2. The van der Waals surface area contributed by atoms with Gasteiger partial charge in [-0.05, 0) is 34.1 Å². The number of nitro benzene ring substituents is 1. The minimum Gasteiger partial charge on any atom is -0.376 e. The fourth-order valence-electron chi connectivity index (χ4n) is 1.67. The molecule has 108 valence electrons. The number of nitrogens with one attached hydrogen (secondary N) is 2. The van der Waals surface area contributed by atoms with Crippen LogP contribution in [-0.2, 0) is 4.79 Å². The maximum absolute atomic E-state index is 11.8. The lowest BCUT2D eigenvalue weighted by Crippen LogP contribution is -2.21. The normalized spacial score (nSPS) is 9.95. The first-order chi connectivity index (χ1) is 10.1. The van der Waals surface area contributed by atoms with Crippen LogP contribution in [0.5, 0.6) is 0 Å². The molecule has 0 atom stereocenters. The molecule has 0 aliphatic rings. The lowest BCUT2D eigenvalue weighted by molar-refractivity contribution is -0.384. The second-order valence-corrected chi connectivity index (χ2v) is 5.04. The molecule has 6 nitrogen and oxygen atoms in total. The van der Waals surface area contributed by atoms with Crippen LogP contribution in [0.3, 0.4) is 0 Å². The van der Waals surface area contributed by atoms with Crippen molar-refractivity contribution in [1.82, 2.24) is 0 Å². The van der Waals surface area contributed by atoms with Crippen LogP contribution >= 0.6 is 15.9 Å². The minimum atomic E-state index is -0.480. The van der Waals surface area contributed by atoms with Gasteiger partial charge in [0.05, 0.1) is 17.2 Å². The summed E-state index contributed by atoms with van der Waals surface area (Å²) in [6.07, 6.45) is 0. The van der Waals surface area contributed by atoms with Crippen LogP contribution in [0.15, 0.2) is 53.0 Å². The molecule has 0 spiro atoms. The number of para-hydroxylation sites is 1. The predicted molar refractivity (Wildman–Crippen MR) is 84.4 cm³/mol. The van der Waals surface area contributed by atoms with E-state index < -0.39 is 4.92 Å². The number of nitro groups is 1. The van der Waals surface area contributed by atoms with Gasteiger partial charge in [0, 0.05) is 22.3 Å². The molecule has 0 fully saturated rings. The first-order valence-electron chi connectivity index (χ1n) is 6.09. The van der Waals surface area contributed by atoms with Crippen molar-refractivity contribution < 1.29 is 9.72 Å². The Morgan fingerprint density at radius 3 is 2.67 bits per heavy atom. The molecule has 0 aliphatic carbocycles. The number of hydrogen-bond donors (Lipinski definition) is 2. The van der Waals surface area contributed by atoms with Crippen LogP contribution in [0.1, 0.15) is 0 Å². The molecule has 0 aromatic heterocycles. The number of benzene rings is 2. The fraction of sp³-hybridized carbons (Fsp3) is 0.0714. The third kappa shape index (κ3) is 4.28. The molecule has 2 N–H and O–H groups in total. The molecule has 0 heterocycles. The highest BCUT2D eigenvalue weighted by Crippen LogP contribution is 2.21. The van der Waals surface area contributed by atoms with Gasteiger partial charge in [0.25, 0.3) is 5.69 Å². The molecule has 7 heteroatoms. The topological polar surface area (TPSA) is 84.3 Å². The monoisotopic (exact) mass is 349 g/mol. The molecular weight excluding hydrogens is 338 g/mol. The molecule has 0 saturated carbocycles. The molecule has 0 unspecified atom stereocenters. The van der Waals surface area contributed by atoms with E-state index in [-0.39, 0.29) is 18.1 Å². The predicted octanol–water partition coefficient (Wildman–Crippen LogP) is 3.41. The molecule has 0 aliphatic heterocycles. The van der Waals surface area contributed by atoms with Gasteiger partial charge >= 0.3 is 0 Å². The minimum absolute atomic E-state index is 0.0164. The first kappa shape index (κ1) is 15.0. The van der Waals surface area contributed by atoms with Gasteiger partial charge < -0.3 is 10.6 Å². The third-order valence-electron chi connectivity index (χ3n) is 2.66. The SMILES string of the molecule is O=C(CNc1cccc([N+](=O)[O-])c1)Nc1ccccc1Br. The summed E-state index contributed by atoms with van der Waals surface area (Å²) in [6, 6.07) is 13.3. The summed E-state index contributed by atoms with van der Waals surface area (Å²) in [5.74, 6) is -0.242. The number of anilines is 2. The van der Waals surface area contributed by atoms with Crippen LogP contribution in [-0.4, -0.2) is 17.4 Å². The summed E-state index contributed by atoms with van der Waals surface area (Å²) >= 11 is 3.34. The second-order valence-electron chi connectivity index (χ2n) is 4.19. The maximum Gasteiger partial charge on any atom is 0.271 e. The molecule has 2 rings (SSSR count). The third-order valence-corrected chi connectivity index (χ3v) is 3.35. The number of rotatable bonds is 5. The van der Waals surface area contributed by atoms with E-state index in [1.165, 1.54) is 12.1 Å². The van der Waals surface area contributed by atoms with E-state index in [0.717, 1.165) is 4.47 Å². The van der Waals surface area contributed by atoms with Crippen molar-refractivity contribution in [3.05, 3.63) is 63.1 Å². The van der Waals surface area contributed by atoms with E-state index in [4.69, 9.17) is 0 Å². The number of non-ortho nitro benzene ring substituents is 1. The van der Waals surface area contributed by atoms with Crippen molar-refractivity contribution in [1.29, 1.82) is 0 Å². The Morgan fingerprint density at radius 2 is 1.95 bits per heavy atom. The van der Waals surface area contributed by atoms with E-state index >= 15 is 0 Å². The van der Waals surface area contributed by atoms with Crippen molar-refractivity contribution in [3.8, 4) is 0 Å². The number of amides is 1. The zero-order valence-corrected chi connectivity index (χ0v) is 12.5. The van der Waals surface area contributed by atoms with Crippen LogP contribution < -0.4 is 10.6 Å². The number of carbonyl (C=O) groups excluding carboxylic acids is 1. The highest BCUT2D eigenvalue weighted by atomic mass is 79.9. The van der Waals surface area contributed by atoms with Gasteiger partial charge in [-0.1, -0.05) is 18.2 Å². The summed E-state index contributed by atoms with van der Waals surface area (Å²) in [4.78, 5) is 22.0. The van der Waals surface area contributed by atoms with Crippen molar-refractivity contribution in [2.24, 2.45) is 0 Å². The molecule has 0 bridgehead atoms. The Hall–Kier alpha value is -2.41. The molecule has 2 aromatic rings. The van der Waals surface area contributed by atoms with Gasteiger partial charge in [0.2, 0.25) is 5.91 Å². The molecule has 21 heavy (non-hydrogen) atoms. The maximum atomic E-state index is 11.8. The van der Waals surface area contributed by atoms with Crippen molar-refractivity contribution in [3.63, 3.8) is 0 Å². The highest BCUT2D eigenvalue weighted by molar-refractivity contribution is 9.10. The van der Waals surface area contributed by atoms with Gasteiger partial charge in [-0.3, -0.25) is 14.9 Å². The zero-order valence-electron chi connectivity index (χ0n) is 10.9. The average Bonchev–Trinajstić information content (AvgIpc) is 2.48. The molecule has 0 saturated heterocycles. The highest BCUT2D eigenvalue weighted by Gasteiger charge is 2.08. The summed E-state index contributed by atoms with van der Waals surface area (Å²) < 4.78 is 0.786. The number of halogens is 1. The van der Waals surface area contributed by atoms with Crippen LogP contribution in [0.4, 0.5) is 17.1 Å². The van der Waals surface area contributed by atoms with Gasteiger partial charge in [0.15, 0.2) is 0 Å². The Morgan fingerprint density at radius 1 is 1.19 bits per heavy atom. The lowest BCUT2D eigenvalue weighted by atomic mass is 10.3. The van der Waals surface area contributed by atoms with E-state index in [1.54, 1.807) is 18.2 Å². The molecule has 2 aromatic carbocycles. The summed E-state index contributed by atoms with van der Waals surface area (Å²) in [5.41, 5.74) is 1.17. The summed E-state index contributed by atoms with van der Waals surface area (Å²) in [7, 11) is 0. The van der Waals surface area contributed by atoms with Crippen LogP contribution in [0, 0.1) is 10.1 Å². The standard InChI is InChI=1S/C14H12BrN3O3/c15-12-6-1-2-7-13(12)17-14(19)9-16-10-4-3-5-11(8-10)18(20)21/h1-8,16H,9H2,(H,17,19). The number of carbonyl (C=O) groups is 1. The van der Waals surface area contributed by atoms with Gasteiger partial charge in [-0.15, -0.1) is 0 Å². The molecular formula is C14H12BrN3O3. The number of nitrogens with zero attached hydrogens (tertiary/aromatic N) is 1. The quantitative estimate of drug-likeness (QED) is 0.639. The summed E-state index contributed by atoms with van der Waals surface area (Å²) in [6.45, 7) is 0.0164. The largest absolute Gasteiger partial charge is 0.376 e. The number of hydrogen-bond acceptors (Lipinski definition) is 4. The van der Waals surface area contributed by atoms with E-state index in [1.807, 2.05) is 18.2 Å². The van der Waals surface area contributed by atoms with E-state index in [2.05, 4.69) is 26.6 Å². The van der Waals surface area contributed by atoms with Gasteiger partial charge in [-0.25, -0.2) is 0 Å². The lowest BCUT2D eigenvalue weighted by Gasteiger charge is -2.09. The molecule has 0 radical (unpaired) electrons. The fourth-order valence-corrected chi connectivity index (χ4v) is 2.05. The Kier molecular flexibility index (Phi) is 4.89. The van der Waals surface area contributed by atoms with E-state index in [0.29, 0.717) is 11.4 Å².